The van der Waals surface area contributed by atoms with Crippen LogP contribution in [0.25, 0.3) is 0 Å². The summed E-state index contributed by atoms with van der Waals surface area (Å²) in [5, 5.41) is 3.06. The molecule has 0 amide bonds. The number of likely N-dealkylation sites (N-methyl/N-ethyl adjacent to an activating group) is 1. The number of nitrogens with zero attached hydrogens (tertiary/aromatic N) is 2. The Morgan fingerprint density at radius 3 is 2.93 bits per heavy atom. The molecule has 0 fully saturated rings. The number of hydrogen-bond donors (Lipinski definition) is 0. The van der Waals surface area contributed by atoms with E-state index in [-0.39, 0.29) is 0 Å². The molecule has 1 aromatic rings. The lowest BCUT2D eigenvalue weighted by atomic mass is 9.83. The number of rotatable bonds is 2. The van der Waals surface area contributed by atoms with E-state index in [0.29, 0.717) is 5.69 Å². The van der Waals surface area contributed by atoms with Gasteiger partial charge in [-0.1, -0.05) is 18.5 Å². The Morgan fingerprint density at radius 1 is 1.47 bits per heavy atom. The predicted molar refractivity (Wildman–Crippen MR) is 61.9 cm³/mol. The first-order valence-electron chi connectivity index (χ1n) is 5.22. The van der Waals surface area contributed by atoms with E-state index in [1.54, 1.807) is 12.1 Å². The average molecular weight is 200 g/mol. The molecule has 1 heterocycles. The van der Waals surface area contributed by atoms with Crippen LogP contribution in [0.2, 0.25) is 0 Å². The lowest BCUT2D eigenvalue weighted by Gasteiger charge is -2.29. The van der Waals surface area contributed by atoms with Crippen LogP contribution >= 0.6 is 0 Å². The Bertz CT molecular complexity index is 392. The maximum absolute atomic E-state index is 10.7. The van der Waals surface area contributed by atoms with Gasteiger partial charge in [-0.3, -0.25) is 4.90 Å². The van der Waals surface area contributed by atoms with Gasteiger partial charge in [0.15, 0.2) is 0 Å². The van der Waals surface area contributed by atoms with Crippen LogP contribution in [0.5, 0.6) is 0 Å². The fourth-order valence-electron chi connectivity index (χ4n) is 2.10. The van der Waals surface area contributed by atoms with Gasteiger partial charge in [-0.2, -0.15) is 0 Å². The topological polar surface area (TPSA) is 32.7 Å². The number of nitroso groups, excluding NO2 is 1. The van der Waals surface area contributed by atoms with E-state index >= 15 is 0 Å². The van der Waals surface area contributed by atoms with Crippen LogP contribution in [-0.2, 0) is 13.0 Å². The molecule has 0 aromatic heterocycles. The van der Waals surface area contributed by atoms with Crippen molar-refractivity contribution >= 4 is 19.0 Å². The molecule has 2 radical (unpaired) electrons. The number of hydrogen-bond acceptors (Lipinski definition) is 3. The highest BCUT2D eigenvalue weighted by molar-refractivity contribution is 6.33. The molecule has 0 N–H and O–H groups in total. The summed E-state index contributed by atoms with van der Waals surface area (Å²) in [4.78, 5) is 13.0. The van der Waals surface area contributed by atoms with Gasteiger partial charge < -0.3 is 0 Å². The van der Waals surface area contributed by atoms with E-state index in [9.17, 15) is 4.91 Å². The highest BCUT2D eigenvalue weighted by Crippen LogP contribution is 2.26. The Balaban J connectivity index is 2.45. The molecule has 1 aliphatic heterocycles. The molecule has 1 aliphatic rings. The molecule has 1 aromatic carbocycles. The molecule has 0 saturated heterocycles. The second-order valence-electron chi connectivity index (χ2n) is 3.84. The Kier molecular flexibility index (Phi) is 2.87. The van der Waals surface area contributed by atoms with Crippen LogP contribution in [0.4, 0.5) is 5.69 Å². The van der Waals surface area contributed by atoms with Gasteiger partial charge in [-0.05, 0) is 35.3 Å². The van der Waals surface area contributed by atoms with E-state index in [1.165, 1.54) is 0 Å². The second kappa shape index (κ2) is 4.15. The fourth-order valence-corrected chi connectivity index (χ4v) is 2.10. The summed E-state index contributed by atoms with van der Waals surface area (Å²) in [6, 6.07) is 3.48. The van der Waals surface area contributed by atoms with Crippen LogP contribution in [0, 0.1) is 4.91 Å². The molecular formula is C11H13BN2O. The SMILES string of the molecule is [B]c1ccc(N=O)c2c1CCN(CC)C2. The maximum atomic E-state index is 10.7. The molecule has 0 unspecified atom stereocenters. The van der Waals surface area contributed by atoms with Crippen molar-refractivity contribution in [2.24, 2.45) is 5.18 Å². The number of fused-ring (bicyclic) bond motifs is 1. The summed E-state index contributed by atoms with van der Waals surface area (Å²) in [5.41, 5.74) is 3.44. The minimum Gasteiger partial charge on any atom is -0.299 e. The van der Waals surface area contributed by atoms with Crippen molar-refractivity contribution in [3.63, 3.8) is 0 Å². The van der Waals surface area contributed by atoms with Gasteiger partial charge in [0.05, 0.1) is 0 Å². The van der Waals surface area contributed by atoms with Crippen LogP contribution in [0.3, 0.4) is 0 Å². The van der Waals surface area contributed by atoms with Gasteiger partial charge in [0, 0.05) is 13.1 Å². The van der Waals surface area contributed by atoms with Crippen molar-refractivity contribution in [2.75, 3.05) is 13.1 Å². The van der Waals surface area contributed by atoms with Gasteiger partial charge in [-0.15, -0.1) is 4.91 Å². The molecule has 15 heavy (non-hydrogen) atoms. The molecular weight excluding hydrogens is 187 g/mol. The number of benzene rings is 1. The van der Waals surface area contributed by atoms with E-state index < -0.39 is 0 Å². The lowest BCUT2D eigenvalue weighted by Crippen LogP contribution is -2.33. The molecule has 76 valence electrons. The van der Waals surface area contributed by atoms with E-state index in [2.05, 4.69) is 17.0 Å². The summed E-state index contributed by atoms with van der Waals surface area (Å²) in [5.74, 6) is 0. The Labute approximate surface area is 90.9 Å². The molecule has 0 saturated carbocycles. The van der Waals surface area contributed by atoms with Crippen molar-refractivity contribution in [1.29, 1.82) is 0 Å². The third-order valence-electron chi connectivity index (χ3n) is 3.05. The molecule has 4 heteroatoms. The zero-order valence-corrected chi connectivity index (χ0v) is 8.86. The van der Waals surface area contributed by atoms with Crippen LogP contribution < -0.4 is 5.46 Å². The van der Waals surface area contributed by atoms with Crippen molar-refractivity contribution in [1.82, 2.24) is 4.90 Å². The summed E-state index contributed by atoms with van der Waals surface area (Å²) >= 11 is 0. The van der Waals surface area contributed by atoms with Gasteiger partial charge in [0.25, 0.3) is 0 Å². The highest BCUT2D eigenvalue weighted by atomic mass is 16.3. The van der Waals surface area contributed by atoms with Crippen LogP contribution in [0.1, 0.15) is 18.1 Å². The molecule has 0 bridgehead atoms. The zero-order chi connectivity index (χ0) is 10.8. The zero-order valence-electron chi connectivity index (χ0n) is 8.86. The van der Waals surface area contributed by atoms with Gasteiger partial charge in [-0.25, -0.2) is 0 Å². The second-order valence-corrected chi connectivity index (χ2v) is 3.84. The monoisotopic (exact) mass is 200 g/mol. The Morgan fingerprint density at radius 2 is 2.27 bits per heavy atom. The van der Waals surface area contributed by atoms with Crippen molar-refractivity contribution < 1.29 is 0 Å². The minimum atomic E-state index is 0.539. The van der Waals surface area contributed by atoms with Crippen LogP contribution in [-0.4, -0.2) is 25.8 Å². The summed E-state index contributed by atoms with van der Waals surface area (Å²) in [6.45, 7) is 4.91. The first-order valence-corrected chi connectivity index (χ1v) is 5.22. The lowest BCUT2D eigenvalue weighted by molar-refractivity contribution is 0.269. The largest absolute Gasteiger partial charge is 0.299 e. The maximum Gasteiger partial charge on any atom is 0.114 e. The van der Waals surface area contributed by atoms with Crippen LogP contribution in [0.15, 0.2) is 17.3 Å². The molecule has 3 nitrogen and oxygen atoms in total. The average Bonchev–Trinajstić information content (AvgIpc) is 2.29. The van der Waals surface area contributed by atoms with E-state index in [0.717, 1.165) is 42.6 Å². The molecule has 0 atom stereocenters. The highest BCUT2D eigenvalue weighted by Gasteiger charge is 2.19. The van der Waals surface area contributed by atoms with Gasteiger partial charge >= 0.3 is 0 Å². The van der Waals surface area contributed by atoms with E-state index in [4.69, 9.17) is 7.85 Å². The third kappa shape index (κ3) is 1.82. The fraction of sp³-hybridized carbons (Fsp3) is 0.455. The quantitative estimate of drug-likeness (QED) is 0.531. The smallest absolute Gasteiger partial charge is 0.114 e. The minimum absolute atomic E-state index is 0.539. The standard InChI is InChI=1S/C11H13BN2O/c1-2-14-6-5-8-9(7-14)11(13-15)4-3-10(8)12/h3-4H,2,5-7H2,1H3. The van der Waals surface area contributed by atoms with Gasteiger partial charge in [0.1, 0.15) is 13.5 Å². The van der Waals surface area contributed by atoms with Crippen molar-refractivity contribution in [2.45, 2.75) is 19.9 Å². The first kappa shape index (κ1) is 10.4. The molecule has 0 spiro atoms. The van der Waals surface area contributed by atoms with Gasteiger partial charge in [0.2, 0.25) is 0 Å². The summed E-state index contributed by atoms with van der Waals surface area (Å²) in [6.07, 6.45) is 0.915. The summed E-state index contributed by atoms with van der Waals surface area (Å²) < 4.78 is 0. The molecule has 0 aliphatic carbocycles. The molecule has 2 rings (SSSR count). The Hall–Kier alpha value is -1.16. The van der Waals surface area contributed by atoms with Crippen molar-refractivity contribution in [3.05, 3.63) is 28.2 Å². The third-order valence-corrected chi connectivity index (χ3v) is 3.05. The first-order chi connectivity index (χ1) is 7.26. The summed E-state index contributed by atoms with van der Waals surface area (Å²) in [7, 11) is 5.89. The van der Waals surface area contributed by atoms with Crippen molar-refractivity contribution in [3.8, 4) is 0 Å². The van der Waals surface area contributed by atoms with E-state index in [1.807, 2.05) is 0 Å². The normalized spacial score (nSPS) is 16.1. The predicted octanol–water partition coefficient (Wildman–Crippen LogP) is 1.26.